The molecule has 1 aliphatic rings. The number of fused-ring (bicyclic) bond motifs is 1. The molecule has 0 spiro atoms. The van der Waals surface area contributed by atoms with Crippen LogP contribution in [0.15, 0.2) is 24.3 Å². The molecule has 86 valence electrons. The molecule has 1 atom stereocenters. The van der Waals surface area contributed by atoms with E-state index in [4.69, 9.17) is 0 Å². The highest BCUT2D eigenvalue weighted by atomic mass is 14.2. The molecule has 0 radical (unpaired) electrons. The summed E-state index contributed by atoms with van der Waals surface area (Å²) in [6, 6.07) is 7.00. The normalized spacial score (nSPS) is 18.1. The lowest BCUT2D eigenvalue weighted by Crippen LogP contribution is -1.95. The Hall–Kier alpha value is -1.04. The van der Waals surface area contributed by atoms with Crippen molar-refractivity contribution in [3.63, 3.8) is 0 Å². The first kappa shape index (κ1) is 11.4. The predicted octanol–water partition coefficient (Wildman–Crippen LogP) is 5.11. The number of benzene rings is 1. The van der Waals surface area contributed by atoms with Crippen LogP contribution in [0, 0.1) is 0 Å². The summed E-state index contributed by atoms with van der Waals surface area (Å²) in [4.78, 5) is 0. The summed E-state index contributed by atoms with van der Waals surface area (Å²) in [7, 11) is 0. The molecule has 0 amide bonds. The first-order valence-corrected chi connectivity index (χ1v) is 6.54. The Kier molecular flexibility index (Phi) is 3.48. The second-order valence-electron chi connectivity index (χ2n) is 5.15. The molecule has 0 heteroatoms. The third kappa shape index (κ3) is 2.21. The molecule has 0 nitrogen and oxygen atoms in total. The summed E-state index contributed by atoms with van der Waals surface area (Å²) in [6.45, 7) is 6.78. The van der Waals surface area contributed by atoms with Gasteiger partial charge in [0.25, 0.3) is 0 Å². The monoisotopic (exact) mass is 214 g/mol. The van der Waals surface area contributed by atoms with E-state index in [1.54, 1.807) is 0 Å². The van der Waals surface area contributed by atoms with E-state index in [0.717, 1.165) is 0 Å². The van der Waals surface area contributed by atoms with Crippen LogP contribution < -0.4 is 0 Å². The van der Waals surface area contributed by atoms with Crippen LogP contribution in [0.4, 0.5) is 0 Å². The summed E-state index contributed by atoms with van der Waals surface area (Å²) >= 11 is 0. The number of unbranched alkanes of at least 4 members (excludes halogenated alkanes) is 1. The number of rotatable bonds is 4. The van der Waals surface area contributed by atoms with Gasteiger partial charge in [0.1, 0.15) is 0 Å². The minimum absolute atomic E-state index is 0.633. The SMILES string of the molecule is CCCCC1C=Cc2cc(C(C)C)ccc21. The van der Waals surface area contributed by atoms with E-state index in [2.05, 4.69) is 51.1 Å². The zero-order valence-corrected chi connectivity index (χ0v) is 10.7. The van der Waals surface area contributed by atoms with Crippen molar-refractivity contribution < 1.29 is 0 Å². The molecule has 0 aromatic heterocycles. The first-order valence-electron chi connectivity index (χ1n) is 6.54. The summed E-state index contributed by atoms with van der Waals surface area (Å²) < 4.78 is 0. The molecule has 0 aliphatic heterocycles. The Bertz CT molecular complexity index is 385. The number of allylic oxidation sites excluding steroid dienone is 1. The second-order valence-corrected chi connectivity index (χ2v) is 5.15. The van der Waals surface area contributed by atoms with Gasteiger partial charge in [0.05, 0.1) is 0 Å². The van der Waals surface area contributed by atoms with Gasteiger partial charge in [-0.15, -0.1) is 0 Å². The maximum absolute atomic E-state index is 2.38. The molecule has 1 aliphatic carbocycles. The van der Waals surface area contributed by atoms with Gasteiger partial charge >= 0.3 is 0 Å². The first-order chi connectivity index (χ1) is 7.72. The van der Waals surface area contributed by atoms with Gasteiger partial charge in [0.2, 0.25) is 0 Å². The van der Waals surface area contributed by atoms with Gasteiger partial charge in [-0.05, 0) is 29.0 Å². The van der Waals surface area contributed by atoms with Crippen molar-refractivity contribution in [3.05, 3.63) is 41.0 Å². The lowest BCUT2D eigenvalue weighted by Gasteiger charge is -2.12. The van der Waals surface area contributed by atoms with Crippen molar-refractivity contribution in [1.29, 1.82) is 0 Å². The standard InChI is InChI=1S/C16H22/c1-4-5-6-13-7-8-15-11-14(12(2)3)9-10-16(13)15/h7-13H,4-6H2,1-3H3. The predicted molar refractivity (Wildman–Crippen MR) is 71.8 cm³/mol. The fourth-order valence-electron chi connectivity index (χ4n) is 2.43. The molecule has 0 heterocycles. The van der Waals surface area contributed by atoms with Crippen LogP contribution >= 0.6 is 0 Å². The highest BCUT2D eigenvalue weighted by Crippen LogP contribution is 2.35. The second kappa shape index (κ2) is 4.86. The van der Waals surface area contributed by atoms with Crippen molar-refractivity contribution in [1.82, 2.24) is 0 Å². The lowest BCUT2D eigenvalue weighted by molar-refractivity contribution is 0.669. The van der Waals surface area contributed by atoms with Crippen molar-refractivity contribution in [2.24, 2.45) is 0 Å². The third-order valence-electron chi connectivity index (χ3n) is 3.55. The molecule has 0 N–H and O–H groups in total. The maximum atomic E-state index is 2.38. The smallest absolute Gasteiger partial charge is 0.00272 e. The van der Waals surface area contributed by atoms with Gasteiger partial charge in [-0.1, -0.05) is 64.0 Å². The number of hydrogen-bond acceptors (Lipinski definition) is 0. The molecule has 1 aromatic carbocycles. The summed E-state index contributed by atoms with van der Waals surface area (Å²) in [6.07, 6.45) is 8.62. The molecular formula is C16H22. The Morgan fingerprint density at radius 3 is 2.75 bits per heavy atom. The van der Waals surface area contributed by atoms with Gasteiger partial charge in [-0.25, -0.2) is 0 Å². The van der Waals surface area contributed by atoms with Crippen LogP contribution in [-0.2, 0) is 0 Å². The zero-order chi connectivity index (χ0) is 11.5. The Labute approximate surface area is 99.4 Å². The molecule has 0 bridgehead atoms. The van der Waals surface area contributed by atoms with E-state index in [1.165, 1.54) is 36.0 Å². The van der Waals surface area contributed by atoms with E-state index < -0.39 is 0 Å². The summed E-state index contributed by atoms with van der Waals surface area (Å²) in [5.41, 5.74) is 4.45. The molecule has 16 heavy (non-hydrogen) atoms. The Balaban J connectivity index is 2.19. The quantitative estimate of drug-likeness (QED) is 0.653. The minimum Gasteiger partial charge on any atom is -0.0764 e. The van der Waals surface area contributed by atoms with Crippen molar-refractivity contribution in [2.75, 3.05) is 0 Å². The number of hydrogen-bond donors (Lipinski definition) is 0. The largest absolute Gasteiger partial charge is 0.0764 e. The summed E-state index contributed by atoms with van der Waals surface area (Å²) in [5.74, 6) is 1.31. The van der Waals surface area contributed by atoms with Gasteiger partial charge in [-0.3, -0.25) is 0 Å². The third-order valence-corrected chi connectivity index (χ3v) is 3.55. The van der Waals surface area contributed by atoms with Gasteiger partial charge in [0.15, 0.2) is 0 Å². The zero-order valence-electron chi connectivity index (χ0n) is 10.7. The average molecular weight is 214 g/mol. The summed E-state index contributed by atoms with van der Waals surface area (Å²) in [5, 5.41) is 0. The highest BCUT2D eigenvalue weighted by molar-refractivity contribution is 5.63. The van der Waals surface area contributed by atoms with Crippen LogP contribution in [0.3, 0.4) is 0 Å². The van der Waals surface area contributed by atoms with E-state index in [1.807, 2.05) is 0 Å². The van der Waals surface area contributed by atoms with Gasteiger partial charge in [-0.2, -0.15) is 0 Å². The molecule has 1 aromatic rings. The molecular weight excluding hydrogens is 192 g/mol. The molecule has 0 saturated carbocycles. The average Bonchev–Trinajstić information content (AvgIpc) is 2.68. The van der Waals surface area contributed by atoms with Gasteiger partial charge < -0.3 is 0 Å². The fraction of sp³-hybridized carbons (Fsp3) is 0.500. The van der Waals surface area contributed by atoms with E-state index in [-0.39, 0.29) is 0 Å². The topological polar surface area (TPSA) is 0 Å². The van der Waals surface area contributed by atoms with Crippen LogP contribution in [0.5, 0.6) is 0 Å². The van der Waals surface area contributed by atoms with E-state index in [9.17, 15) is 0 Å². The van der Waals surface area contributed by atoms with Crippen LogP contribution in [0.25, 0.3) is 6.08 Å². The van der Waals surface area contributed by atoms with Gasteiger partial charge in [0, 0.05) is 5.92 Å². The molecule has 2 rings (SSSR count). The minimum atomic E-state index is 0.633. The Morgan fingerprint density at radius 2 is 2.06 bits per heavy atom. The highest BCUT2D eigenvalue weighted by Gasteiger charge is 2.17. The maximum Gasteiger partial charge on any atom is 0.00272 e. The fourth-order valence-corrected chi connectivity index (χ4v) is 2.43. The molecule has 0 saturated heterocycles. The van der Waals surface area contributed by atoms with Crippen molar-refractivity contribution in [2.45, 2.75) is 51.9 Å². The van der Waals surface area contributed by atoms with Crippen LogP contribution in [0.2, 0.25) is 0 Å². The van der Waals surface area contributed by atoms with Crippen molar-refractivity contribution >= 4 is 6.08 Å². The Morgan fingerprint density at radius 1 is 1.25 bits per heavy atom. The van der Waals surface area contributed by atoms with Crippen LogP contribution in [-0.4, -0.2) is 0 Å². The van der Waals surface area contributed by atoms with Crippen LogP contribution in [0.1, 0.15) is 68.6 Å². The lowest BCUT2D eigenvalue weighted by atomic mass is 9.92. The van der Waals surface area contributed by atoms with Crippen molar-refractivity contribution in [3.8, 4) is 0 Å². The molecule has 0 fully saturated rings. The molecule has 1 unspecified atom stereocenters. The van der Waals surface area contributed by atoms with E-state index >= 15 is 0 Å². The van der Waals surface area contributed by atoms with E-state index in [0.29, 0.717) is 11.8 Å².